The molecule has 4 N–H and O–H groups in total. The largest absolute Gasteiger partial charge is 0.458 e. The Hall–Kier alpha value is -8.16. The van der Waals surface area contributed by atoms with Crippen molar-refractivity contribution in [1.29, 1.82) is 0 Å². The van der Waals surface area contributed by atoms with Crippen LogP contribution in [0.4, 0.5) is 0 Å². The highest BCUT2D eigenvalue weighted by Gasteiger charge is 2.45. The second kappa shape index (κ2) is 29.6. The van der Waals surface area contributed by atoms with Crippen LogP contribution in [0.1, 0.15) is 128 Å². The molecular weight excluding hydrogens is 1190 g/mol. The molecule has 29 heteroatoms. The molecule has 0 spiro atoms. The summed E-state index contributed by atoms with van der Waals surface area (Å²) in [5, 5.41) is 9.65. The van der Waals surface area contributed by atoms with Crippen molar-refractivity contribution in [3.8, 4) is 0 Å². The van der Waals surface area contributed by atoms with Gasteiger partial charge in [0.2, 0.25) is 6.54 Å². The standard InChI is InChI=1S/C38H49N6O12P.C23H29N3O7/c1-9-27-29(16-32(53-27)44-18-24(5)35(47)41-38(44)50)56-57(51,12-10-11-39-7)52-20-30-28(15-31(54-30)43-17-23(4)34(46)40-37(43)49)55-33(45)19-42(8)36(48)26-13-21(2)25(6)22(3)14-26;1-12-6-16(7-13(2)15(12)4)22(30)25(5)10-20(28)33-17-8-19(32-18(17)11-27)26-9-14(3)21(29)24-23(26)31/h13-14,17-18,27-32H,9-12,15-16,19-20H2,1-6,8H3,(H,40,46,49)(H,41,47,50);6-7,9,17-19,27H,8,10-11H2,1-5H3,(H,24,29,31). The lowest BCUT2D eigenvalue weighted by molar-refractivity contribution is -0.154. The van der Waals surface area contributed by atoms with Gasteiger partial charge in [-0.2, -0.15) is 0 Å². The number of benzene rings is 2. The topological polar surface area (TPSA) is 346 Å². The van der Waals surface area contributed by atoms with Crippen LogP contribution < -0.4 is 33.7 Å². The summed E-state index contributed by atoms with van der Waals surface area (Å²) in [4.78, 5) is 138. The summed E-state index contributed by atoms with van der Waals surface area (Å²) in [5.41, 5.74) is 4.03. The zero-order valence-electron chi connectivity index (χ0n) is 52.4. The molecule has 90 heavy (non-hydrogen) atoms. The van der Waals surface area contributed by atoms with Crippen LogP contribution in [0.15, 0.2) is 71.6 Å². The fraction of sp³-hybridized carbons (Fsp3) is 0.525. The number of H-pyrrole nitrogens is 3. The number of aromatic nitrogens is 6. The van der Waals surface area contributed by atoms with Gasteiger partial charge in [-0.3, -0.25) is 66.8 Å². The molecule has 0 radical (unpaired) electrons. The van der Waals surface area contributed by atoms with Crippen molar-refractivity contribution in [2.75, 3.05) is 53.1 Å². The van der Waals surface area contributed by atoms with E-state index < -0.39 is 134 Å². The average molecular weight is 1270 g/mol. The smallest absolute Gasteiger partial charge is 0.331 e. The summed E-state index contributed by atoms with van der Waals surface area (Å²) in [6, 6.07) is 7.08. The Bertz CT molecular complexity index is 3940. The minimum atomic E-state index is -4.06. The molecule has 3 aromatic heterocycles. The highest BCUT2D eigenvalue weighted by Crippen LogP contribution is 2.53. The number of hydrogen-bond acceptors (Lipinski definition) is 19. The maximum Gasteiger partial charge on any atom is 0.331 e. The van der Waals surface area contributed by atoms with Gasteiger partial charge in [0.05, 0.1) is 31.6 Å². The molecule has 28 nitrogen and oxygen atoms in total. The fourth-order valence-corrected chi connectivity index (χ4v) is 12.5. The number of esters is 2. The molecule has 0 bridgehead atoms. The van der Waals surface area contributed by atoms with E-state index in [1.165, 1.54) is 58.5 Å². The first-order valence-corrected chi connectivity index (χ1v) is 31.0. The maximum absolute atomic E-state index is 14.5. The summed E-state index contributed by atoms with van der Waals surface area (Å²) in [6.45, 7) is 23.7. The third-order valence-electron chi connectivity index (χ3n) is 16.3. The van der Waals surface area contributed by atoms with E-state index in [0.29, 0.717) is 28.7 Å². The number of nitrogens with one attached hydrogen (secondary N) is 3. The Morgan fingerprint density at radius 1 is 0.600 bits per heavy atom. The first kappa shape index (κ1) is 69.3. The number of aliphatic hydroxyl groups excluding tert-OH is 1. The molecule has 6 heterocycles. The summed E-state index contributed by atoms with van der Waals surface area (Å²) in [5.74, 6) is -2.15. The minimum Gasteiger partial charge on any atom is -0.458 e. The first-order chi connectivity index (χ1) is 42.4. The predicted molar refractivity (Wildman–Crippen MR) is 326 cm³/mol. The van der Waals surface area contributed by atoms with Crippen molar-refractivity contribution >= 4 is 31.3 Å². The number of aryl methyl sites for hydroxylation is 7. The van der Waals surface area contributed by atoms with Crippen LogP contribution in [0.25, 0.3) is 4.85 Å². The van der Waals surface area contributed by atoms with Crippen LogP contribution >= 0.6 is 7.60 Å². The molecule has 3 saturated heterocycles. The third kappa shape index (κ3) is 16.6. The molecule has 3 aliphatic rings. The summed E-state index contributed by atoms with van der Waals surface area (Å²) < 4.78 is 59.6. The first-order valence-electron chi connectivity index (χ1n) is 29.3. The molecule has 3 aliphatic heterocycles. The quantitative estimate of drug-likeness (QED) is 0.0350. The van der Waals surface area contributed by atoms with Crippen molar-refractivity contribution in [3.63, 3.8) is 0 Å². The molecule has 8 rings (SSSR count). The summed E-state index contributed by atoms with van der Waals surface area (Å²) >= 11 is 0. The van der Waals surface area contributed by atoms with Gasteiger partial charge in [-0.05, 0) is 126 Å². The van der Waals surface area contributed by atoms with Crippen molar-refractivity contribution < 1.29 is 61.6 Å². The minimum absolute atomic E-state index is 0.0361. The van der Waals surface area contributed by atoms with E-state index in [-0.39, 0.29) is 56.4 Å². The van der Waals surface area contributed by atoms with Gasteiger partial charge in [-0.25, -0.2) is 21.0 Å². The number of ether oxygens (including phenoxy) is 5. The number of likely N-dealkylation sites (N-methyl/N-ethyl adjacent to an activating group) is 2. The van der Waals surface area contributed by atoms with Gasteiger partial charge in [0.1, 0.15) is 56.2 Å². The lowest BCUT2D eigenvalue weighted by atomic mass is 10.00. The number of rotatable bonds is 21. The number of carbonyl (C=O) groups is 4. The van der Waals surface area contributed by atoms with Gasteiger partial charge < -0.3 is 52.5 Å². The van der Waals surface area contributed by atoms with E-state index >= 15 is 0 Å². The number of carbonyl (C=O) groups excluding carboxylic acids is 4. The predicted octanol–water partition coefficient (Wildman–Crippen LogP) is 3.94. The van der Waals surface area contributed by atoms with Crippen LogP contribution in [-0.4, -0.2) is 157 Å². The van der Waals surface area contributed by atoms with Gasteiger partial charge >= 0.3 is 36.6 Å². The normalized spacial score (nSPS) is 21.8. The van der Waals surface area contributed by atoms with Gasteiger partial charge in [-0.15, -0.1) is 0 Å². The van der Waals surface area contributed by atoms with E-state index in [2.05, 4.69) is 19.8 Å². The average Bonchev–Trinajstić information content (AvgIpc) is 1.75. The van der Waals surface area contributed by atoms with Crippen LogP contribution in [0.5, 0.6) is 0 Å². The Morgan fingerprint density at radius 2 is 0.967 bits per heavy atom. The van der Waals surface area contributed by atoms with E-state index in [1.54, 1.807) is 38.1 Å². The number of aromatic amines is 3. The van der Waals surface area contributed by atoms with Crippen molar-refractivity contribution in [2.45, 2.75) is 157 Å². The van der Waals surface area contributed by atoms with Crippen LogP contribution in [-0.2, 0) is 46.9 Å². The Morgan fingerprint density at radius 3 is 1.34 bits per heavy atom. The van der Waals surface area contributed by atoms with Crippen LogP contribution in [0, 0.1) is 68.9 Å². The summed E-state index contributed by atoms with van der Waals surface area (Å²) in [7, 11) is -1.09. The van der Waals surface area contributed by atoms with E-state index in [4.69, 9.17) is 39.3 Å². The molecular formula is C61H78N9O19P. The van der Waals surface area contributed by atoms with Crippen molar-refractivity contribution in [2.24, 2.45) is 0 Å². The van der Waals surface area contributed by atoms with Gasteiger partial charge in [0.25, 0.3) is 28.5 Å². The summed E-state index contributed by atoms with van der Waals surface area (Å²) in [6.07, 6.45) is -3.35. The molecule has 3 fully saturated rings. The third-order valence-corrected chi connectivity index (χ3v) is 18.3. The van der Waals surface area contributed by atoms with E-state index in [0.717, 1.165) is 37.9 Å². The molecule has 2 amide bonds. The highest BCUT2D eigenvalue weighted by molar-refractivity contribution is 7.53. The van der Waals surface area contributed by atoms with Crippen LogP contribution in [0.2, 0.25) is 0 Å². The zero-order chi connectivity index (χ0) is 66.2. The molecule has 5 aromatic rings. The second-order valence-corrected chi connectivity index (χ2v) is 25.1. The Labute approximate surface area is 517 Å². The second-order valence-electron chi connectivity index (χ2n) is 23.0. The molecule has 0 aliphatic carbocycles. The number of amides is 2. The molecule has 486 valence electrons. The number of nitrogens with zero attached hydrogens (tertiary/aromatic N) is 6. The van der Waals surface area contributed by atoms with Gasteiger partial charge in [-0.1, -0.05) is 6.92 Å². The highest BCUT2D eigenvalue weighted by atomic mass is 31.2. The van der Waals surface area contributed by atoms with E-state index in [9.17, 15) is 57.6 Å². The lowest BCUT2D eigenvalue weighted by Gasteiger charge is -2.26. The lowest BCUT2D eigenvalue weighted by Crippen LogP contribution is -2.37. The van der Waals surface area contributed by atoms with Gasteiger partial charge in [0.15, 0.2) is 0 Å². The Kier molecular flexibility index (Phi) is 22.8. The molecule has 10 unspecified atom stereocenters. The van der Waals surface area contributed by atoms with Crippen molar-refractivity contribution in [3.05, 3.63) is 178 Å². The van der Waals surface area contributed by atoms with E-state index in [1.807, 2.05) is 48.5 Å². The monoisotopic (exact) mass is 1270 g/mol. The molecule has 10 atom stereocenters. The zero-order valence-corrected chi connectivity index (χ0v) is 53.3. The van der Waals surface area contributed by atoms with Gasteiger partial charge in [0, 0.05) is 86.2 Å². The fourth-order valence-electron chi connectivity index (χ4n) is 10.6. The number of aliphatic hydroxyl groups is 1. The molecule has 0 saturated carbocycles. The number of hydrogen-bond donors (Lipinski definition) is 4. The van der Waals surface area contributed by atoms with Crippen molar-refractivity contribution in [1.82, 2.24) is 38.5 Å². The maximum atomic E-state index is 14.5. The SMILES string of the molecule is Cc1cc(C(=O)N(C)CC(=O)OC2CC(n3cc(C)c(=O)[nH]c3=O)OC2CO)cc(C)c1C.[C-]#[N+]CCCP(=O)(OCC1OC(n2cc(C)c(=O)[nH]c2=O)CC1OC(=O)CN(C)C(=O)c1cc(C)c(C)c(C)c1)OC1CC(n2cc(C)c(=O)[nH]c2=O)OC1CC. The Balaban J connectivity index is 0.000000296. The van der Waals surface area contributed by atoms with Crippen LogP contribution in [0.3, 0.4) is 0 Å². The molecule has 2 aromatic carbocycles.